The van der Waals surface area contributed by atoms with Crippen LogP contribution in [0.1, 0.15) is 0 Å². The van der Waals surface area contributed by atoms with Crippen LogP contribution >= 0.6 is 0 Å². The summed E-state index contributed by atoms with van der Waals surface area (Å²) < 4.78 is 152. The molecule has 4 rings (SSSR count). The summed E-state index contributed by atoms with van der Waals surface area (Å²) in [5.74, 6) is -24.7. The van der Waals surface area contributed by atoms with Crippen LogP contribution in [-0.2, 0) is 0 Å². The predicted octanol–water partition coefficient (Wildman–Crippen LogP) is 4.24. The van der Waals surface area contributed by atoms with Crippen molar-refractivity contribution in [1.82, 2.24) is 9.97 Å². The number of nitrogen functional groups attached to an aromatic ring is 2. The summed E-state index contributed by atoms with van der Waals surface area (Å²) in [6, 6.07) is 0. The third kappa shape index (κ3) is 6.02. The highest BCUT2D eigenvalue weighted by Crippen LogP contribution is 2.33. The van der Waals surface area contributed by atoms with Gasteiger partial charge in [0.05, 0.1) is 9.85 Å². The van der Waals surface area contributed by atoms with Gasteiger partial charge in [0.2, 0.25) is 23.3 Å². The molecule has 3 aromatic carbocycles. The van der Waals surface area contributed by atoms with E-state index < -0.39 is 125 Å². The lowest BCUT2D eigenvalue weighted by atomic mass is 10.2. The average Bonchev–Trinajstić information content (AvgIpc) is 2.96. The molecule has 0 atom stereocenters. The van der Waals surface area contributed by atoms with E-state index >= 15 is 0 Å². The van der Waals surface area contributed by atoms with E-state index in [0.29, 0.717) is 0 Å². The third-order valence-electron chi connectivity index (χ3n) is 4.87. The second-order valence-corrected chi connectivity index (χ2v) is 7.46. The number of aromatic amines is 2. The fraction of sp³-hybridized carbons (Fsp3) is 0. The van der Waals surface area contributed by atoms with Crippen LogP contribution in [-0.4, -0.2) is 19.8 Å². The molecular formula is C20H6F12N6O6. The van der Waals surface area contributed by atoms with E-state index in [9.17, 15) is 82.5 Å². The van der Waals surface area contributed by atoms with Crippen LogP contribution in [0.5, 0.6) is 0 Å². The molecular weight excluding hydrogens is 648 g/mol. The molecule has 0 bridgehead atoms. The van der Waals surface area contributed by atoms with Gasteiger partial charge in [-0.15, -0.1) is 0 Å². The second-order valence-electron chi connectivity index (χ2n) is 7.46. The summed E-state index contributed by atoms with van der Waals surface area (Å²) in [7, 11) is 0. The minimum atomic E-state index is -2.26. The number of nitro groups is 2. The Morgan fingerprint density at radius 3 is 0.909 bits per heavy atom. The number of rotatable bonds is 2. The van der Waals surface area contributed by atoms with E-state index in [0.717, 1.165) is 0 Å². The first kappa shape index (κ1) is 34.4. The highest BCUT2D eigenvalue weighted by atomic mass is 19.2. The number of anilines is 2. The number of nitro benzene ring substituents is 2. The minimum Gasteiger partial charge on any atom is -0.391 e. The van der Waals surface area contributed by atoms with Gasteiger partial charge in [0, 0.05) is 0 Å². The largest absolute Gasteiger partial charge is 0.391 e. The third-order valence-corrected chi connectivity index (χ3v) is 4.87. The fourth-order valence-corrected chi connectivity index (χ4v) is 2.84. The topological polar surface area (TPSA) is 204 Å². The van der Waals surface area contributed by atoms with Gasteiger partial charge in [-0.2, -0.15) is 8.78 Å². The van der Waals surface area contributed by atoms with Gasteiger partial charge in [0.25, 0.3) is 0 Å². The van der Waals surface area contributed by atoms with E-state index in [4.69, 9.17) is 11.5 Å². The van der Waals surface area contributed by atoms with Gasteiger partial charge in [-0.25, -0.2) is 43.9 Å². The Labute approximate surface area is 229 Å². The Bertz CT molecular complexity index is 1790. The van der Waals surface area contributed by atoms with Crippen LogP contribution in [0.15, 0.2) is 9.59 Å². The van der Waals surface area contributed by atoms with Crippen LogP contribution in [0, 0.1) is 90.0 Å². The maximum atomic E-state index is 13.1. The number of nitrogens with zero attached hydrogens (tertiary/aromatic N) is 2. The molecule has 0 fully saturated rings. The number of hydrogen-bond acceptors (Lipinski definition) is 8. The van der Waals surface area contributed by atoms with Gasteiger partial charge in [-0.1, -0.05) is 0 Å². The number of aromatic nitrogens is 2. The van der Waals surface area contributed by atoms with Crippen LogP contribution in [0.4, 0.5) is 75.4 Å². The number of nitrogens with two attached hydrogens (primary N) is 2. The van der Waals surface area contributed by atoms with Crippen molar-refractivity contribution in [2.75, 3.05) is 11.5 Å². The van der Waals surface area contributed by atoms with Crippen molar-refractivity contribution in [2.45, 2.75) is 0 Å². The van der Waals surface area contributed by atoms with Gasteiger partial charge < -0.3 is 21.4 Å². The van der Waals surface area contributed by atoms with Gasteiger partial charge in [-0.3, -0.25) is 29.8 Å². The zero-order valence-electron chi connectivity index (χ0n) is 20.0. The van der Waals surface area contributed by atoms with Crippen molar-refractivity contribution in [3.63, 3.8) is 0 Å². The van der Waals surface area contributed by atoms with Crippen LogP contribution in [0.2, 0.25) is 0 Å². The second kappa shape index (κ2) is 12.6. The number of halogens is 12. The number of benzene rings is 3. The molecule has 6 N–H and O–H groups in total. The molecule has 24 heteroatoms. The maximum Gasteiger partial charge on any atom is 0.333 e. The normalized spacial score (nSPS) is 10.5. The van der Waals surface area contributed by atoms with Crippen LogP contribution in [0.25, 0.3) is 11.0 Å². The zero-order chi connectivity index (χ0) is 34.1. The first-order valence-electron chi connectivity index (χ1n) is 10.2. The lowest BCUT2D eigenvalue weighted by Crippen LogP contribution is -2.30. The molecule has 0 saturated carbocycles. The van der Waals surface area contributed by atoms with Crippen molar-refractivity contribution >= 4 is 33.8 Å². The molecule has 0 radical (unpaired) electrons. The Hall–Kier alpha value is -5.84. The van der Waals surface area contributed by atoms with E-state index in [2.05, 4.69) is 0 Å². The van der Waals surface area contributed by atoms with Gasteiger partial charge in [0.15, 0.2) is 57.9 Å². The van der Waals surface area contributed by atoms with Gasteiger partial charge in [-0.05, 0) is 0 Å². The molecule has 0 aliphatic carbocycles. The molecule has 4 aromatic rings. The first-order valence-corrected chi connectivity index (χ1v) is 10.2. The Balaban J connectivity index is 0.000000231. The molecule has 1 aromatic heterocycles. The van der Waals surface area contributed by atoms with E-state index in [-0.39, 0.29) is 0 Å². The van der Waals surface area contributed by atoms with Crippen molar-refractivity contribution in [3.8, 4) is 0 Å². The minimum absolute atomic E-state index is 0.930. The maximum absolute atomic E-state index is 13.1. The Kier molecular flexibility index (Phi) is 9.82. The van der Waals surface area contributed by atoms with Crippen LogP contribution < -0.4 is 22.6 Å². The van der Waals surface area contributed by atoms with Gasteiger partial charge in [0.1, 0.15) is 11.0 Å². The molecule has 0 aliphatic rings. The van der Waals surface area contributed by atoms with Crippen LogP contribution in [0.3, 0.4) is 0 Å². The summed E-state index contributed by atoms with van der Waals surface area (Å²) >= 11 is 0. The predicted molar refractivity (Wildman–Crippen MR) is 120 cm³/mol. The summed E-state index contributed by atoms with van der Waals surface area (Å²) in [6.45, 7) is 0. The number of nitrogens with one attached hydrogen (secondary N) is 2. The quantitative estimate of drug-likeness (QED) is 0.0467. The number of hydrogen-bond donors (Lipinski definition) is 4. The molecule has 12 nitrogen and oxygen atoms in total. The number of fused-ring (bicyclic) bond motifs is 1. The summed E-state index contributed by atoms with van der Waals surface area (Å²) in [6.07, 6.45) is 0. The standard InChI is InChI=1S/C8H2F4N2O2.2C6H2F4N2O2/c9-1-2(10)4(12)6-5(3(1)11)13-7(15)8(16)14-6;2*7-1-2(8)4(10)6(12(13)14)5(11)3(1)9/h(H,13,15)(H,14,16);2*11H2. The lowest BCUT2D eigenvalue weighted by molar-refractivity contribution is -0.387. The van der Waals surface area contributed by atoms with E-state index in [1.165, 1.54) is 0 Å². The summed E-state index contributed by atoms with van der Waals surface area (Å²) in [5, 5.41) is 20.2. The SMILES string of the molecule is Nc1c(F)c(F)c(F)c(F)c1[N+](=O)[O-].Nc1c(F)c(F)c(F)c(F)c1[N+](=O)[O-].O=c1[nH]c2c(F)c(F)c(F)c(F)c2[nH]c1=O. The Morgan fingerprint density at radius 1 is 0.432 bits per heavy atom. The van der Waals surface area contributed by atoms with E-state index in [1.54, 1.807) is 9.97 Å². The highest BCUT2D eigenvalue weighted by Gasteiger charge is 2.32. The molecule has 0 unspecified atom stereocenters. The highest BCUT2D eigenvalue weighted by molar-refractivity contribution is 5.75. The molecule has 0 aliphatic heterocycles. The smallest absolute Gasteiger partial charge is 0.333 e. The average molecular weight is 654 g/mol. The molecule has 0 amide bonds. The lowest BCUT2D eigenvalue weighted by Gasteiger charge is -2.02. The van der Waals surface area contributed by atoms with E-state index in [1.807, 2.05) is 0 Å². The number of H-pyrrole nitrogens is 2. The zero-order valence-corrected chi connectivity index (χ0v) is 20.0. The van der Waals surface area contributed by atoms with Gasteiger partial charge >= 0.3 is 22.5 Å². The molecule has 236 valence electrons. The van der Waals surface area contributed by atoms with Crippen molar-refractivity contribution < 1.29 is 62.5 Å². The molecule has 1 heterocycles. The monoisotopic (exact) mass is 654 g/mol. The summed E-state index contributed by atoms with van der Waals surface area (Å²) in [4.78, 5) is 42.1. The van der Waals surface area contributed by atoms with Crippen molar-refractivity contribution in [2.24, 2.45) is 0 Å². The van der Waals surface area contributed by atoms with Crippen molar-refractivity contribution in [1.29, 1.82) is 0 Å². The van der Waals surface area contributed by atoms with Crippen molar-refractivity contribution in [3.05, 3.63) is 111 Å². The molecule has 0 saturated heterocycles. The Morgan fingerprint density at radius 2 is 0.659 bits per heavy atom. The fourth-order valence-electron chi connectivity index (χ4n) is 2.84. The summed E-state index contributed by atoms with van der Waals surface area (Å²) in [5.41, 5.74) is -1.02. The molecule has 44 heavy (non-hydrogen) atoms. The molecule has 0 spiro atoms. The first-order chi connectivity index (χ1) is 20.2.